The molecule has 0 aromatic rings. The monoisotopic (exact) mass is 219 g/mol. The van der Waals surface area contributed by atoms with E-state index in [1.165, 1.54) is 0 Å². The zero-order valence-corrected chi connectivity index (χ0v) is 6.07. The van der Waals surface area contributed by atoms with Gasteiger partial charge in [0.1, 0.15) is 5.34 Å². The molecule has 0 N–H and O–H groups in total. The Kier molecular flexibility index (Phi) is 6.82. The van der Waals surface area contributed by atoms with Crippen molar-refractivity contribution >= 4 is 29.2 Å². The minimum absolute atomic E-state index is 2.00. The third-order valence-corrected chi connectivity index (χ3v) is 0.319. The maximum absolute atomic E-state index is 10.8. The summed E-state index contributed by atoms with van der Waals surface area (Å²) in [6.45, 7) is 0. The third-order valence-electron chi connectivity index (χ3n) is 0.192. The summed E-state index contributed by atoms with van der Waals surface area (Å²) in [5.41, 5.74) is -4.53. The van der Waals surface area contributed by atoms with Gasteiger partial charge in [0.25, 0.3) is 0 Å². The number of hydrogen-bond donors (Lipinski definition) is 0. The van der Waals surface area contributed by atoms with E-state index in [0.717, 1.165) is 0 Å². The van der Waals surface area contributed by atoms with Gasteiger partial charge in [-0.2, -0.15) is 17.6 Å². The first-order chi connectivity index (χ1) is 4.68. The molecule has 0 aromatic heterocycles. The van der Waals surface area contributed by atoms with Crippen LogP contribution in [0.3, 0.4) is 0 Å². The average molecular weight is 220 g/mol. The van der Waals surface area contributed by atoms with E-state index < -0.39 is 16.2 Å². The largest absolute Gasteiger partial charge is 0.438 e. The van der Waals surface area contributed by atoms with E-state index in [4.69, 9.17) is 0 Å². The second-order valence-electron chi connectivity index (χ2n) is 0.926. The summed E-state index contributed by atoms with van der Waals surface area (Å²) in [6.07, 6.45) is 0. The highest BCUT2D eigenvalue weighted by atomic mass is 35.5. The molecule has 0 fully saturated rings. The van der Waals surface area contributed by atoms with Gasteiger partial charge >= 0.3 is 10.9 Å². The second kappa shape index (κ2) is 5.56. The lowest BCUT2D eigenvalue weighted by Crippen LogP contribution is -2.20. The standard InChI is InChI=1S/CClF4N.CF2S/c2-1(3,4)7(5)6;2-1(3)4. The summed E-state index contributed by atoms with van der Waals surface area (Å²) in [6, 6.07) is 0. The van der Waals surface area contributed by atoms with Crippen LogP contribution < -0.4 is 0 Å². The van der Waals surface area contributed by atoms with E-state index in [1.807, 2.05) is 0 Å². The molecular weight excluding hydrogens is 220 g/mol. The van der Waals surface area contributed by atoms with Gasteiger partial charge in [-0.15, -0.1) is 0 Å². The van der Waals surface area contributed by atoms with Crippen LogP contribution in [0.4, 0.5) is 26.5 Å². The summed E-state index contributed by atoms with van der Waals surface area (Å²) >= 11 is 6.91. The summed E-state index contributed by atoms with van der Waals surface area (Å²) in [5.74, 6) is 0. The molecule has 68 valence electrons. The Balaban J connectivity index is 0. The van der Waals surface area contributed by atoms with E-state index in [-0.39, 0.29) is 0 Å². The molecular formula is C2ClF6NS. The Morgan fingerprint density at radius 3 is 1.36 bits per heavy atom. The van der Waals surface area contributed by atoms with Crippen molar-refractivity contribution in [3.05, 3.63) is 0 Å². The lowest BCUT2D eigenvalue weighted by molar-refractivity contribution is -0.290. The predicted octanol–water partition coefficient (Wildman–Crippen LogP) is 3.06. The van der Waals surface area contributed by atoms with Crippen molar-refractivity contribution in [3.63, 3.8) is 0 Å². The molecule has 0 saturated carbocycles. The Bertz CT molecular complexity index is 118. The molecule has 0 bridgehead atoms. The first-order valence-corrected chi connectivity index (χ1v) is 2.50. The summed E-state index contributed by atoms with van der Waals surface area (Å²) in [4.78, 5) is 0. The summed E-state index contributed by atoms with van der Waals surface area (Å²) in [7, 11) is 0. The number of halogens is 7. The highest BCUT2D eigenvalue weighted by molar-refractivity contribution is 7.79. The minimum Gasteiger partial charge on any atom is -0.167 e. The van der Waals surface area contributed by atoms with Crippen LogP contribution in [-0.4, -0.2) is 16.2 Å². The van der Waals surface area contributed by atoms with Gasteiger partial charge < -0.3 is 0 Å². The number of thiocarbonyl (C=S) groups is 1. The van der Waals surface area contributed by atoms with Crippen LogP contribution in [-0.2, 0) is 0 Å². The zero-order valence-electron chi connectivity index (χ0n) is 4.50. The van der Waals surface area contributed by atoms with E-state index in [2.05, 4.69) is 23.8 Å². The maximum atomic E-state index is 10.8. The van der Waals surface area contributed by atoms with Crippen molar-refractivity contribution in [2.24, 2.45) is 0 Å². The maximum Gasteiger partial charge on any atom is 0.438 e. The fourth-order valence-corrected chi connectivity index (χ4v) is 0. The van der Waals surface area contributed by atoms with Gasteiger partial charge in [-0.3, -0.25) is 0 Å². The molecule has 0 rings (SSSR count). The zero-order chi connectivity index (χ0) is 9.65. The smallest absolute Gasteiger partial charge is 0.167 e. The SMILES string of the molecule is FC(F)=S.FN(F)C(F)(F)Cl. The second-order valence-corrected chi connectivity index (χ2v) is 1.69. The molecule has 0 aliphatic rings. The molecule has 0 heterocycles. The predicted molar refractivity (Wildman–Crippen MR) is 29.7 cm³/mol. The average Bonchev–Trinajstić information content (AvgIpc) is 1.59. The minimum atomic E-state index is -4.53. The number of alkyl halides is 3. The Hall–Kier alpha value is -0.0800. The first-order valence-electron chi connectivity index (χ1n) is 1.71. The van der Waals surface area contributed by atoms with Crippen molar-refractivity contribution in [2.45, 2.75) is 5.51 Å². The lowest BCUT2D eigenvalue weighted by atomic mass is 11.3. The third kappa shape index (κ3) is 17.8. The van der Waals surface area contributed by atoms with Gasteiger partial charge in [0.2, 0.25) is 0 Å². The van der Waals surface area contributed by atoms with E-state index in [1.54, 1.807) is 0 Å². The van der Waals surface area contributed by atoms with Crippen molar-refractivity contribution < 1.29 is 26.5 Å². The van der Waals surface area contributed by atoms with Crippen LogP contribution in [0.15, 0.2) is 0 Å². The molecule has 11 heavy (non-hydrogen) atoms. The van der Waals surface area contributed by atoms with Gasteiger partial charge in [0.05, 0.1) is 0 Å². The Morgan fingerprint density at radius 1 is 1.27 bits per heavy atom. The first kappa shape index (κ1) is 13.5. The highest BCUT2D eigenvalue weighted by Crippen LogP contribution is 2.24. The molecule has 0 spiro atoms. The Labute approximate surface area is 67.4 Å². The summed E-state index contributed by atoms with van der Waals surface area (Å²) < 4.78 is 62.7. The lowest BCUT2D eigenvalue weighted by Gasteiger charge is -2.03. The fraction of sp³-hybridized carbons (Fsp3) is 0.500. The molecule has 0 atom stereocenters. The van der Waals surface area contributed by atoms with E-state index >= 15 is 0 Å². The summed E-state index contributed by atoms with van der Waals surface area (Å²) in [5, 5.41) is -4.38. The normalized spacial score (nSPS) is 10.5. The van der Waals surface area contributed by atoms with E-state index in [0.29, 0.717) is 0 Å². The number of hydrogen-bond acceptors (Lipinski definition) is 2. The van der Waals surface area contributed by atoms with Crippen LogP contribution in [0.25, 0.3) is 0 Å². The van der Waals surface area contributed by atoms with Crippen LogP contribution in [0.5, 0.6) is 0 Å². The highest BCUT2D eigenvalue weighted by Gasteiger charge is 2.36. The van der Waals surface area contributed by atoms with Crippen molar-refractivity contribution in [2.75, 3.05) is 0 Å². The van der Waals surface area contributed by atoms with Crippen LogP contribution >= 0.6 is 23.8 Å². The number of nitrogens with zero attached hydrogens (tertiary/aromatic N) is 1. The molecule has 0 aliphatic heterocycles. The molecule has 0 amide bonds. The van der Waals surface area contributed by atoms with Crippen molar-refractivity contribution in [1.29, 1.82) is 0 Å². The van der Waals surface area contributed by atoms with Gasteiger partial charge in [0.15, 0.2) is 0 Å². The molecule has 0 saturated heterocycles. The van der Waals surface area contributed by atoms with Crippen LogP contribution in [0.1, 0.15) is 0 Å². The van der Waals surface area contributed by atoms with Gasteiger partial charge in [-0.05, 0) is 23.8 Å². The quantitative estimate of drug-likeness (QED) is 0.167. The molecule has 0 aliphatic carbocycles. The van der Waals surface area contributed by atoms with Gasteiger partial charge in [-0.1, -0.05) is 8.96 Å². The van der Waals surface area contributed by atoms with Crippen LogP contribution in [0.2, 0.25) is 0 Å². The van der Waals surface area contributed by atoms with E-state index in [9.17, 15) is 26.5 Å². The molecule has 0 radical (unpaired) electrons. The van der Waals surface area contributed by atoms with Crippen molar-refractivity contribution in [3.8, 4) is 0 Å². The topological polar surface area (TPSA) is 3.24 Å². The van der Waals surface area contributed by atoms with Gasteiger partial charge in [0, 0.05) is 0 Å². The van der Waals surface area contributed by atoms with Gasteiger partial charge in [-0.25, -0.2) is 0 Å². The molecule has 0 unspecified atom stereocenters. The Morgan fingerprint density at radius 2 is 1.36 bits per heavy atom. The van der Waals surface area contributed by atoms with Crippen molar-refractivity contribution in [1.82, 2.24) is 5.34 Å². The molecule has 1 nitrogen and oxygen atoms in total. The number of rotatable bonds is 1. The molecule has 0 aromatic carbocycles. The fourth-order valence-electron chi connectivity index (χ4n) is 0. The van der Waals surface area contributed by atoms with Crippen LogP contribution in [0, 0.1) is 0 Å². The molecule has 9 heteroatoms.